The van der Waals surface area contributed by atoms with E-state index in [9.17, 15) is 5.11 Å². The van der Waals surface area contributed by atoms with Crippen LogP contribution < -0.4 is 4.74 Å². The number of aliphatic hydroxyl groups is 1. The van der Waals surface area contributed by atoms with Crippen LogP contribution in [0.15, 0.2) is 18.2 Å². The molecular formula is C15H21NO2. The number of fused-ring (bicyclic) bond motifs is 1. The van der Waals surface area contributed by atoms with Gasteiger partial charge in [-0.25, -0.2) is 0 Å². The average Bonchev–Trinajstić information content (AvgIpc) is 2.39. The van der Waals surface area contributed by atoms with Crippen molar-refractivity contribution in [1.82, 2.24) is 4.90 Å². The molecule has 1 fully saturated rings. The minimum absolute atomic E-state index is 0.119. The third kappa shape index (κ3) is 2.13. The van der Waals surface area contributed by atoms with E-state index in [1.165, 1.54) is 24.8 Å². The van der Waals surface area contributed by atoms with Crippen LogP contribution in [-0.4, -0.2) is 35.8 Å². The quantitative estimate of drug-likeness (QED) is 0.826. The highest BCUT2D eigenvalue weighted by molar-refractivity contribution is 5.41. The lowest BCUT2D eigenvalue weighted by Gasteiger charge is -2.40. The number of nitrogens with zero attached hydrogens (tertiary/aromatic N) is 1. The largest absolute Gasteiger partial charge is 0.490 e. The van der Waals surface area contributed by atoms with Crippen molar-refractivity contribution in [3.63, 3.8) is 0 Å². The van der Waals surface area contributed by atoms with E-state index in [4.69, 9.17) is 4.74 Å². The molecule has 2 aliphatic rings. The molecule has 3 heteroatoms. The summed E-state index contributed by atoms with van der Waals surface area (Å²) in [5.74, 6) is 0.946. The zero-order valence-electron chi connectivity index (χ0n) is 10.9. The van der Waals surface area contributed by atoms with Crippen LogP contribution in [0.4, 0.5) is 0 Å². The van der Waals surface area contributed by atoms with Gasteiger partial charge >= 0.3 is 0 Å². The maximum absolute atomic E-state index is 10.3. The van der Waals surface area contributed by atoms with E-state index >= 15 is 0 Å². The van der Waals surface area contributed by atoms with Gasteiger partial charge in [-0.2, -0.15) is 0 Å². The van der Waals surface area contributed by atoms with Gasteiger partial charge in [0.05, 0.1) is 6.04 Å². The summed E-state index contributed by atoms with van der Waals surface area (Å²) in [5.41, 5.74) is 2.39. The SMILES string of the molecule is Cc1ccc2c(c1)C(N1CCCCC1)C(O)CO2. The van der Waals surface area contributed by atoms with Crippen LogP contribution in [0.5, 0.6) is 5.75 Å². The zero-order valence-corrected chi connectivity index (χ0v) is 10.9. The van der Waals surface area contributed by atoms with Crippen molar-refractivity contribution in [3.05, 3.63) is 29.3 Å². The Balaban J connectivity index is 1.95. The van der Waals surface area contributed by atoms with Gasteiger partial charge in [0.25, 0.3) is 0 Å². The Morgan fingerprint density at radius 3 is 2.78 bits per heavy atom. The normalized spacial score (nSPS) is 28.6. The third-order valence-corrected chi connectivity index (χ3v) is 4.04. The first-order valence-electron chi connectivity index (χ1n) is 6.91. The molecule has 0 spiro atoms. The van der Waals surface area contributed by atoms with Crippen molar-refractivity contribution in [2.24, 2.45) is 0 Å². The summed E-state index contributed by atoms with van der Waals surface area (Å²) in [7, 11) is 0. The molecule has 1 N–H and O–H groups in total. The molecule has 1 aromatic carbocycles. The molecule has 18 heavy (non-hydrogen) atoms. The molecule has 2 heterocycles. The molecule has 0 saturated carbocycles. The second-order valence-corrected chi connectivity index (χ2v) is 5.46. The van der Waals surface area contributed by atoms with Crippen molar-refractivity contribution < 1.29 is 9.84 Å². The monoisotopic (exact) mass is 247 g/mol. The van der Waals surface area contributed by atoms with Crippen molar-refractivity contribution in [2.75, 3.05) is 19.7 Å². The summed E-state index contributed by atoms with van der Waals surface area (Å²) in [4.78, 5) is 2.43. The van der Waals surface area contributed by atoms with Crippen molar-refractivity contribution in [3.8, 4) is 5.75 Å². The fraction of sp³-hybridized carbons (Fsp3) is 0.600. The van der Waals surface area contributed by atoms with Crippen LogP contribution >= 0.6 is 0 Å². The molecule has 0 bridgehead atoms. The van der Waals surface area contributed by atoms with E-state index in [1.54, 1.807) is 0 Å². The number of aliphatic hydroxyl groups excluding tert-OH is 1. The van der Waals surface area contributed by atoms with Crippen LogP contribution in [0.1, 0.15) is 36.4 Å². The number of ether oxygens (including phenoxy) is 1. The first-order chi connectivity index (χ1) is 8.75. The molecule has 2 aliphatic heterocycles. The highest BCUT2D eigenvalue weighted by Gasteiger charge is 2.34. The summed E-state index contributed by atoms with van der Waals surface area (Å²) in [6.07, 6.45) is 3.39. The number of hydrogen-bond donors (Lipinski definition) is 1. The average molecular weight is 247 g/mol. The van der Waals surface area contributed by atoms with E-state index in [-0.39, 0.29) is 6.04 Å². The Hall–Kier alpha value is -1.06. The molecule has 0 aliphatic carbocycles. The predicted octanol–water partition coefficient (Wildman–Crippen LogP) is 2.28. The van der Waals surface area contributed by atoms with Crippen molar-refractivity contribution in [1.29, 1.82) is 0 Å². The number of likely N-dealkylation sites (tertiary alicyclic amines) is 1. The van der Waals surface area contributed by atoms with Gasteiger partial charge in [-0.15, -0.1) is 0 Å². The highest BCUT2D eigenvalue weighted by atomic mass is 16.5. The molecule has 2 atom stereocenters. The first kappa shape index (κ1) is 12.0. The van der Waals surface area contributed by atoms with Gasteiger partial charge in [-0.1, -0.05) is 24.1 Å². The number of hydrogen-bond acceptors (Lipinski definition) is 3. The Labute approximate surface area is 108 Å². The smallest absolute Gasteiger partial charge is 0.124 e. The minimum Gasteiger partial charge on any atom is -0.490 e. The maximum atomic E-state index is 10.3. The van der Waals surface area contributed by atoms with Gasteiger partial charge in [-0.05, 0) is 38.9 Å². The predicted molar refractivity (Wildman–Crippen MR) is 70.8 cm³/mol. The summed E-state index contributed by atoms with van der Waals surface area (Å²) < 4.78 is 5.64. The molecule has 3 rings (SSSR count). The Bertz CT molecular complexity index is 427. The molecular weight excluding hydrogens is 226 g/mol. The van der Waals surface area contributed by atoms with Crippen LogP contribution in [0, 0.1) is 6.92 Å². The molecule has 0 radical (unpaired) electrons. The minimum atomic E-state index is -0.405. The Morgan fingerprint density at radius 1 is 1.22 bits per heavy atom. The summed E-state index contributed by atoms with van der Waals surface area (Å²) in [6.45, 7) is 4.69. The lowest BCUT2D eigenvalue weighted by Crippen LogP contribution is -2.44. The fourth-order valence-corrected chi connectivity index (χ4v) is 3.14. The van der Waals surface area contributed by atoms with Gasteiger partial charge in [0.15, 0.2) is 0 Å². The summed E-state index contributed by atoms with van der Waals surface area (Å²) in [6, 6.07) is 6.39. The van der Waals surface area contributed by atoms with E-state index < -0.39 is 6.10 Å². The van der Waals surface area contributed by atoms with Crippen LogP contribution in [0.25, 0.3) is 0 Å². The fourth-order valence-electron chi connectivity index (χ4n) is 3.14. The van der Waals surface area contributed by atoms with Gasteiger partial charge in [0, 0.05) is 5.56 Å². The van der Waals surface area contributed by atoms with Crippen LogP contribution in [0.2, 0.25) is 0 Å². The second kappa shape index (κ2) is 4.90. The lowest BCUT2D eigenvalue weighted by atomic mass is 9.93. The van der Waals surface area contributed by atoms with Gasteiger partial charge in [0.2, 0.25) is 0 Å². The standard InChI is InChI=1S/C15H21NO2/c1-11-5-6-14-12(9-11)15(13(17)10-18-14)16-7-3-2-4-8-16/h5-6,9,13,15,17H,2-4,7-8,10H2,1H3. The second-order valence-electron chi connectivity index (χ2n) is 5.46. The molecule has 1 aromatic rings. The number of benzene rings is 1. The Kier molecular flexibility index (Phi) is 3.27. The number of rotatable bonds is 1. The van der Waals surface area contributed by atoms with E-state index in [0.717, 1.165) is 24.4 Å². The van der Waals surface area contributed by atoms with E-state index in [2.05, 4.69) is 24.0 Å². The molecule has 0 amide bonds. The molecule has 0 aromatic heterocycles. The van der Waals surface area contributed by atoms with E-state index in [0.29, 0.717) is 6.61 Å². The van der Waals surface area contributed by atoms with E-state index in [1.807, 2.05) is 6.07 Å². The number of piperidine rings is 1. The zero-order chi connectivity index (χ0) is 12.5. The maximum Gasteiger partial charge on any atom is 0.124 e. The number of aryl methyl sites for hydroxylation is 1. The highest BCUT2D eigenvalue weighted by Crippen LogP contribution is 2.37. The van der Waals surface area contributed by atoms with Crippen LogP contribution in [0.3, 0.4) is 0 Å². The lowest BCUT2D eigenvalue weighted by molar-refractivity contribution is -0.00677. The van der Waals surface area contributed by atoms with Crippen LogP contribution in [-0.2, 0) is 0 Å². The Morgan fingerprint density at radius 2 is 2.00 bits per heavy atom. The first-order valence-corrected chi connectivity index (χ1v) is 6.91. The summed E-state index contributed by atoms with van der Waals surface area (Å²) >= 11 is 0. The molecule has 2 unspecified atom stereocenters. The topological polar surface area (TPSA) is 32.7 Å². The molecule has 98 valence electrons. The molecule has 3 nitrogen and oxygen atoms in total. The van der Waals surface area contributed by atoms with Gasteiger partial charge < -0.3 is 9.84 Å². The van der Waals surface area contributed by atoms with Gasteiger partial charge in [-0.3, -0.25) is 4.90 Å². The molecule has 1 saturated heterocycles. The van der Waals surface area contributed by atoms with Crippen molar-refractivity contribution >= 4 is 0 Å². The van der Waals surface area contributed by atoms with Crippen molar-refractivity contribution in [2.45, 2.75) is 38.3 Å². The summed E-state index contributed by atoms with van der Waals surface area (Å²) in [5, 5.41) is 10.3. The van der Waals surface area contributed by atoms with Gasteiger partial charge in [0.1, 0.15) is 18.5 Å². The third-order valence-electron chi connectivity index (χ3n) is 4.04.